The van der Waals surface area contributed by atoms with E-state index in [2.05, 4.69) is 0 Å². The molecule has 0 aromatic heterocycles. The average Bonchev–Trinajstić information content (AvgIpc) is 3.11. The second-order valence-corrected chi connectivity index (χ2v) is 7.55. The molecule has 4 fully saturated rings. The number of ether oxygens (including phenoxy) is 6. The monoisotopic (exact) mass is 345 g/mol. The highest BCUT2D eigenvalue weighted by Crippen LogP contribution is 2.42. The topological polar surface area (TPSA) is 67.9 Å². The molecule has 4 heterocycles. The Labute approximate surface area is 142 Å². The predicted molar refractivity (Wildman–Crippen MR) is 80.9 cm³/mol. The van der Waals surface area contributed by atoms with E-state index in [4.69, 9.17) is 33.3 Å². The Hall–Kier alpha value is -0.320. The van der Waals surface area contributed by atoms with Gasteiger partial charge in [-0.3, -0.25) is 4.84 Å². The lowest BCUT2D eigenvalue weighted by Gasteiger charge is -2.34. The predicted octanol–water partition coefficient (Wildman–Crippen LogP) is 0.647. The van der Waals surface area contributed by atoms with Crippen molar-refractivity contribution in [3.8, 4) is 0 Å². The standard InChI is InChI=1S/C16H27NO7/c1-15(2)19-9-10(21-15)11-12(24-17-5-7-18-8-6-17)13-14(20-11)23-16(3,4)22-13/h10-14H,5-9H2,1-4H3/t10-,11-,12?,13?,14-/m1/s1. The SMILES string of the molecule is CC1(C)OC2C(ON3CCOCC3)[C@@H]([C@H]3COC(C)(C)O3)O[C@@H]2O1. The fourth-order valence-electron chi connectivity index (χ4n) is 3.62. The van der Waals surface area contributed by atoms with Crippen LogP contribution in [0.3, 0.4) is 0 Å². The quantitative estimate of drug-likeness (QED) is 0.738. The van der Waals surface area contributed by atoms with Crippen LogP contribution in [-0.4, -0.2) is 80.3 Å². The first-order valence-corrected chi connectivity index (χ1v) is 8.65. The Balaban J connectivity index is 1.50. The Kier molecular flexibility index (Phi) is 4.38. The Bertz CT molecular complexity index is 465. The summed E-state index contributed by atoms with van der Waals surface area (Å²) in [6.07, 6.45) is -1.58. The Morgan fingerprint density at radius 1 is 0.917 bits per heavy atom. The lowest BCUT2D eigenvalue weighted by atomic mass is 10.1. The van der Waals surface area contributed by atoms with Gasteiger partial charge in [-0.05, 0) is 27.7 Å². The lowest BCUT2D eigenvalue weighted by molar-refractivity contribution is -0.281. The molecule has 0 aliphatic carbocycles. The van der Waals surface area contributed by atoms with Gasteiger partial charge >= 0.3 is 0 Å². The van der Waals surface area contributed by atoms with Gasteiger partial charge in [-0.1, -0.05) is 0 Å². The number of rotatable bonds is 3. The van der Waals surface area contributed by atoms with Gasteiger partial charge < -0.3 is 28.4 Å². The molecule has 0 aromatic carbocycles. The van der Waals surface area contributed by atoms with Crippen LogP contribution < -0.4 is 0 Å². The molecule has 24 heavy (non-hydrogen) atoms. The summed E-state index contributed by atoms with van der Waals surface area (Å²) >= 11 is 0. The van der Waals surface area contributed by atoms with Crippen LogP contribution in [-0.2, 0) is 33.3 Å². The maximum Gasteiger partial charge on any atom is 0.190 e. The van der Waals surface area contributed by atoms with E-state index in [-0.39, 0.29) is 24.4 Å². The molecule has 4 saturated heterocycles. The minimum Gasteiger partial charge on any atom is -0.379 e. The van der Waals surface area contributed by atoms with Crippen molar-refractivity contribution in [2.24, 2.45) is 0 Å². The van der Waals surface area contributed by atoms with Gasteiger partial charge in [0.25, 0.3) is 0 Å². The van der Waals surface area contributed by atoms with Crippen molar-refractivity contribution in [1.82, 2.24) is 5.06 Å². The van der Waals surface area contributed by atoms with Crippen LogP contribution in [0, 0.1) is 0 Å². The van der Waals surface area contributed by atoms with E-state index in [1.54, 1.807) is 0 Å². The normalized spacial score (nSPS) is 44.8. The first-order chi connectivity index (χ1) is 11.3. The van der Waals surface area contributed by atoms with Gasteiger partial charge in [-0.15, -0.1) is 0 Å². The molecule has 0 N–H and O–H groups in total. The molecule has 138 valence electrons. The number of fused-ring (bicyclic) bond motifs is 1. The van der Waals surface area contributed by atoms with Crippen molar-refractivity contribution in [3.05, 3.63) is 0 Å². The van der Waals surface area contributed by atoms with Crippen LogP contribution in [0.1, 0.15) is 27.7 Å². The average molecular weight is 345 g/mol. The van der Waals surface area contributed by atoms with Gasteiger partial charge in [0.2, 0.25) is 0 Å². The van der Waals surface area contributed by atoms with Crippen molar-refractivity contribution >= 4 is 0 Å². The smallest absolute Gasteiger partial charge is 0.190 e. The zero-order chi connectivity index (χ0) is 16.9. The van der Waals surface area contributed by atoms with Crippen LogP contribution in [0.5, 0.6) is 0 Å². The second kappa shape index (κ2) is 6.14. The third-order valence-electron chi connectivity index (χ3n) is 4.66. The van der Waals surface area contributed by atoms with Crippen molar-refractivity contribution in [3.63, 3.8) is 0 Å². The van der Waals surface area contributed by atoms with Crippen molar-refractivity contribution in [1.29, 1.82) is 0 Å². The highest BCUT2D eigenvalue weighted by molar-refractivity contribution is 4.98. The van der Waals surface area contributed by atoms with Crippen LogP contribution in [0.2, 0.25) is 0 Å². The molecule has 8 heteroatoms. The fourth-order valence-corrected chi connectivity index (χ4v) is 3.62. The molecule has 0 radical (unpaired) electrons. The molecular formula is C16H27NO7. The van der Waals surface area contributed by atoms with Crippen molar-refractivity contribution in [2.45, 2.75) is 70.0 Å². The molecule has 0 aromatic rings. The minimum atomic E-state index is -0.681. The van der Waals surface area contributed by atoms with E-state index < -0.39 is 17.9 Å². The number of morpholine rings is 1. The molecule has 8 nitrogen and oxygen atoms in total. The third kappa shape index (κ3) is 3.34. The maximum absolute atomic E-state index is 6.24. The summed E-state index contributed by atoms with van der Waals surface area (Å²) < 4.78 is 35.1. The summed E-state index contributed by atoms with van der Waals surface area (Å²) in [5, 5.41) is 1.92. The zero-order valence-corrected chi connectivity index (χ0v) is 14.7. The van der Waals surface area contributed by atoms with Crippen molar-refractivity contribution < 1.29 is 33.3 Å². The number of hydrogen-bond donors (Lipinski definition) is 0. The molecule has 0 saturated carbocycles. The zero-order valence-electron chi connectivity index (χ0n) is 14.7. The van der Waals surface area contributed by atoms with E-state index in [0.717, 1.165) is 13.1 Å². The minimum absolute atomic E-state index is 0.216. The van der Waals surface area contributed by atoms with E-state index in [0.29, 0.717) is 19.8 Å². The molecule has 4 aliphatic heterocycles. The van der Waals surface area contributed by atoms with Crippen LogP contribution in [0.15, 0.2) is 0 Å². The largest absolute Gasteiger partial charge is 0.379 e. The summed E-state index contributed by atoms with van der Waals surface area (Å²) in [6, 6.07) is 0. The second-order valence-electron chi connectivity index (χ2n) is 7.55. The summed E-state index contributed by atoms with van der Waals surface area (Å²) in [5.41, 5.74) is 0. The Morgan fingerprint density at radius 3 is 2.33 bits per heavy atom. The van der Waals surface area contributed by atoms with Gasteiger partial charge in [-0.2, -0.15) is 5.06 Å². The van der Waals surface area contributed by atoms with Gasteiger partial charge in [0.15, 0.2) is 17.9 Å². The molecule has 4 rings (SSSR count). The van der Waals surface area contributed by atoms with Gasteiger partial charge in [0.05, 0.1) is 19.8 Å². The molecule has 0 bridgehead atoms. The summed E-state index contributed by atoms with van der Waals surface area (Å²) in [4.78, 5) is 6.24. The molecule has 0 amide bonds. The molecule has 5 atom stereocenters. The molecule has 0 spiro atoms. The van der Waals surface area contributed by atoms with E-state index in [9.17, 15) is 0 Å². The fraction of sp³-hybridized carbons (Fsp3) is 1.00. The van der Waals surface area contributed by atoms with E-state index in [1.165, 1.54) is 0 Å². The first kappa shape index (κ1) is 17.1. The Morgan fingerprint density at radius 2 is 1.67 bits per heavy atom. The summed E-state index contributed by atoms with van der Waals surface area (Å²) in [5.74, 6) is -1.30. The van der Waals surface area contributed by atoms with Gasteiger partial charge in [0.1, 0.15) is 24.4 Å². The number of hydroxylamine groups is 2. The van der Waals surface area contributed by atoms with Gasteiger partial charge in [0, 0.05) is 13.1 Å². The van der Waals surface area contributed by atoms with Crippen molar-refractivity contribution in [2.75, 3.05) is 32.9 Å². The van der Waals surface area contributed by atoms with Crippen LogP contribution >= 0.6 is 0 Å². The number of nitrogens with zero attached hydrogens (tertiary/aromatic N) is 1. The summed E-state index contributed by atoms with van der Waals surface area (Å²) in [6.45, 7) is 10.8. The molecule has 2 unspecified atom stereocenters. The van der Waals surface area contributed by atoms with Gasteiger partial charge in [-0.25, -0.2) is 0 Å². The highest BCUT2D eigenvalue weighted by Gasteiger charge is 2.59. The third-order valence-corrected chi connectivity index (χ3v) is 4.66. The molecule has 4 aliphatic rings. The number of hydrogen-bond acceptors (Lipinski definition) is 8. The highest BCUT2D eigenvalue weighted by atomic mass is 16.9. The molecular weight excluding hydrogens is 318 g/mol. The first-order valence-electron chi connectivity index (χ1n) is 8.65. The van der Waals surface area contributed by atoms with Crippen LogP contribution in [0.25, 0.3) is 0 Å². The van der Waals surface area contributed by atoms with Crippen LogP contribution in [0.4, 0.5) is 0 Å². The lowest BCUT2D eigenvalue weighted by Crippen LogP contribution is -2.49. The summed E-state index contributed by atoms with van der Waals surface area (Å²) in [7, 11) is 0. The van der Waals surface area contributed by atoms with E-state index >= 15 is 0 Å². The van der Waals surface area contributed by atoms with E-state index in [1.807, 2.05) is 32.8 Å². The maximum atomic E-state index is 6.24.